The minimum absolute atomic E-state index is 0.275. The van der Waals surface area contributed by atoms with E-state index in [1.165, 1.54) is 0 Å². The van der Waals surface area contributed by atoms with Crippen LogP contribution in [0, 0.1) is 34.6 Å². The van der Waals surface area contributed by atoms with Crippen molar-refractivity contribution in [1.82, 2.24) is 0 Å². The summed E-state index contributed by atoms with van der Waals surface area (Å²) in [6.07, 6.45) is 4.29. The van der Waals surface area contributed by atoms with Gasteiger partial charge in [-0.05, 0) is 111 Å². The Labute approximate surface area is 226 Å². The van der Waals surface area contributed by atoms with Gasteiger partial charge in [-0.1, -0.05) is 43.7 Å². The van der Waals surface area contributed by atoms with E-state index in [2.05, 4.69) is 6.92 Å². The first-order valence-electron chi connectivity index (χ1n) is 13.6. The number of benzene rings is 3. The molecule has 0 radical (unpaired) electrons. The first-order chi connectivity index (χ1) is 18.2. The van der Waals surface area contributed by atoms with Crippen LogP contribution in [0.15, 0.2) is 36.4 Å². The Bertz CT molecular complexity index is 1350. The van der Waals surface area contributed by atoms with Crippen LogP contribution in [0.3, 0.4) is 0 Å². The van der Waals surface area contributed by atoms with Crippen LogP contribution in [0.1, 0.15) is 91.4 Å². The van der Waals surface area contributed by atoms with Gasteiger partial charge >= 0.3 is 11.9 Å². The van der Waals surface area contributed by atoms with Gasteiger partial charge in [0.1, 0.15) is 18.1 Å². The molecule has 200 valence electrons. The summed E-state index contributed by atoms with van der Waals surface area (Å²) in [6.45, 7) is 12.6. The van der Waals surface area contributed by atoms with Crippen LogP contribution in [0.25, 0.3) is 0 Å². The van der Waals surface area contributed by atoms with E-state index in [-0.39, 0.29) is 11.9 Å². The van der Waals surface area contributed by atoms with Crippen LogP contribution in [0.5, 0.6) is 11.5 Å². The minimum atomic E-state index is -0.382. The molecule has 0 saturated heterocycles. The monoisotopic (exact) mass is 514 g/mol. The Morgan fingerprint density at radius 1 is 0.816 bits per heavy atom. The van der Waals surface area contributed by atoms with Crippen LogP contribution in [0.4, 0.5) is 0 Å². The van der Waals surface area contributed by atoms with E-state index in [1.807, 2.05) is 71.0 Å². The number of esters is 2. The van der Waals surface area contributed by atoms with Gasteiger partial charge in [-0.3, -0.25) is 0 Å². The number of aryl methyl sites for hydroxylation is 1. The van der Waals surface area contributed by atoms with Crippen LogP contribution in [-0.4, -0.2) is 18.5 Å². The van der Waals surface area contributed by atoms with Gasteiger partial charge in [0.15, 0.2) is 0 Å². The van der Waals surface area contributed by atoms with E-state index < -0.39 is 0 Å². The predicted octanol–water partition coefficient (Wildman–Crippen LogP) is 7.47. The zero-order valence-electron chi connectivity index (χ0n) is 23.5. The van der Waals surface area contributed by atoms with Crippen molar-refractivity contribution < 1.29 is 23.8 Å². The van der Waals surface area contributed by atoms with Crippen molar-refractivity contribution in [2.75, 3.05) is 6.61 Å². The normalized spacial score (nSPS) is 12.3. The molecule has 0 spiro atoms. The molecule has 0 atom stereocenters. The maximum Gasteiger partial charge on any atom is 0.344 e. The fourth-order valence-corrected chi connectivity index (χ4v) is 5.26. The predicted molar refractivity (Wildman–Crippen MR) is 150 cm³/mol. The highest BCUT2D eigenvalue weighted by Crippen LogP contribution is 2.40. The van der Waals surface area contributed by atoms with E-state index in [9.17, 15) is 9.59 Å². The lowest BCUT2D eigenvalue weighted by molar-refractivity contribution is 0.0497. The SMILES string of the molecule is CCCCOC(=O)c1c(C)c(C)c(OC(=O)c2c(C)cc(OCc3ccccc3)c(C)c2C)c2c1CCC2. The average Bonchev–Trinajstić information content (AvgIpc) is 3.38. The maximum atomic E-state index is 13.6. The van der Waals surface area contributed by atoms with Crippen molar-refractivity contribution >= 4 is 11.9 Å². The van der Waals surface area contributed by atoms with Crippen LogP contribution in [0.2, 0.25) is 0 Å². The number of rotatable bonds is 9. The molecule has 0 aromatic heterocycles. The molecule has 0 amide bonds. The number of unbranched alkanes of at least 4 members (excludes halogenated alkanes) is 1. The molecule has 1 aliphatic rings. The summed E-state index contributed by atoms with van der Waals surface area (Å²) < 4.78 is 17.8. The Balaban J connectivity index is 1.62. The van der Waals surface area contributed by atoms with Gasteiger partial charge in [-0.25, -0.2) is 9.59 Å². The number of carbonyl (C=O) groups is 2. The standard InChI is InChI=1S/C33H38O5/c1-7-8-17-36-32(34)30-23(5)24(6)31(27-16-12-15-26(27)30)38-33(35)29-20(2)18-28(21(3)22(29)4)37-19-25-13-10-9-11-14-25/h9-11,13-14,18H,7-8,12,15-17,19H2,1-6H3. The molecule has 0 bridgehead atoms. The zero-order valence-corrected chi connectivity index (χ0v) is 23.5. The molecule has 1 aliphatic carbocycles. The van der Waals surface area contributed by atoms with E-state index in [4.69, 9.17) is 14.2 Å². The van der Waals surface area contributed by atoms with Gasteiger partial charge in [0, 0.05) is 0 Å². The van der Waals surface area contributed by atoms with Crippen molar-refractivity contribution in [2.24, 2.45) is 0 Å². The number of hydrogen-bond donors (Lipinski definition) is 0. The summed E-state index contributed by atoms with van der Waals surface area (Å²) in [4.78, 5) is 26.6. The van der Waals surface area contributed by atoms with E-state index in [0.29, 0.717) is 30.1 Å². The van der Waals surface area contributed by atoms with Gasteiger partial charge in [0.05, 0.1) is 17.7 Å². The fraction of sp³-hybridized carbons (Fsp3) is 0.394. The maximum absolute atomic E-state index is 13.6. The molecule has 3 aromatic carbocycles. The molecule has 38 heavy (non-hydrogen) atoms. The Hall–Kier alpha value is -3.60. The van der Waals surface area contributed by atoms with Gasteiger partial charge in [-0.15, -0.1) is 0 Å². The third-order valence-electron chi connectivity index (χ3n) is 7.69. The summed E-state index contributed by atoms with van der Waals surface area (Å²) in [5, 5.41) is 0. The molecule has 5 heteroatoms. The van der Waals surface area contributed by atoms with Gasteiger partial charge in [-0.2, -0.15) is 0 Å². The topological polar surface area (TPSA) is 61.8 Å². The summed E-state index contributed by atoms with van der Waals surface area (Å²) >= 11 is 0. The lowest BCUT2D eigenvalue weighted by atomic mass is 9.92. The first-order valence-corrected chi connectivity index (χ1v) is 13.6. The average molecular weight is 515 g/mol. The van der Waals surface area contributed by atoms with Crippen LogP contribution >= 0.6 is 0 Å². The second kappa shape index (κ2) is 11.8. The molecule has 0 heterocycles. The first kappa shape index (κ1) is 27.4. The highest BCUT2D eigenvalue weighted by Gasteiger charge is 2.30. The van der Waals surface area contributed by atoms with Crippen molar-refractivity contribution in [3.63, 3.8) is 0 Å². The second-order valence-electron chi connectivity index (χ2n) is 10.2. The molecule has 5 nitrogen and oxygen atoms in total. The van der Waals surface area contributed by atoms with Gasteiger partial charge in [0.2, 0.25) is 0 Å². The molecule has 0 saturated carbocycles. The van der Waals surface area contributed by atoms with Crippen LogP contribution < -0.4 is 9.47 Å². The molecule has 0 aliphatic heterocycles. The molecule has 0 N–H and O–H groups in total. The number of hydrogen-bond acceptors (Lipinski definition) is 5. The Morgan fingerprint density at radius 3 is 2.21 bits per heavy atom. The minimum Gasteiger partial charge on any atom is -0.489 e. The highest BCUT2D eigenvalue weighted by molar-refractivity contribution is 5.97. The third kappa shape index (κ3) is 5.47. The second-order valence-corrected chi connectivity index (χ2v) is 10.2. The molecular weight excluding hydrogens is 476 g/mol. The summed E-state index contributed by atoms with van der Waals surface area (Å²) in [6, 6.07) is 11.9. The molecule has 0 fully saturated rings. The Morgan fingerprint density at radius 2 is 1.50 bits per heavy atom. The molecule has 0 unspecified atom stereocenters. The summed E-state index contributed by atoms with van der Waals surface area (Å²) in [5.74, 6) is 0.696. The Kier molecular flexibility index (Phi) is 8.55. The largest absolute Gasteiger partial charge is 0.489 e. The molecular formula is C33H38O5. The highest BCUT2D eigenvalue weighted by atomic mass is 16.5. The van der Waals surface area contributed by atoms with Crippen molar-refractivity contribution in [3.8, 4) is 11.5 Å². The third-order valence-corrected chi connectivity index (χ3v) is 7.69. The smallest absolute Gasteiger partial charge is 0.344 e. The zero-order chi connectivity index (χ0) is 27.4. The number of ether oxygens (including phenoxy) is 3. The van der Waals surface area contributed by atoms with Crippen molar-refractivity contribution in [1.29, 1.82) is 0 Å². The van der Waals surface area contributed by atoms with Crippen molar-refractivity contribution in [2.45, 2.75) is 80.3 Å². The van der Waals surface area contributed by atoms with E-state index >= 15 is 0 Å². The lowest BCUT2D eigenvalue weighted by Gasteiger charge is -2.21. The summed E-state index contributed by atoms with van der Waals surface area (Å²) in [5.41, 5.74) is 8.43. The lowest BCUT2D eigenvalue weighted by Crippen LogP contribution is -2.18. The van der Waals surface area contributed by atoms with Gasteiger partial charge in [0.25, 0.3) is 0 Å². The molecule has 3 aromatic rings. The quantitative estimate of drug-likeness (QED) is 0.168. The van der Waals surface area contributed by atoms with Gasteiger partial charge < -0.3 is 14.2 Å². The number of carbonyl (C=O) groups excluding carboxylic acids is 2. The number of fused-ring (bicyclic) bond motifs is 1. The van der Waals surface area contributed by atoms with Crippen LogP contribution in [-0.2, 0) is 24.2 Å². The fourth-order valence-electron chi connectivity index (χ4n) is 5.26. The van der Waals surface area contributed by atoms with E-state index in [0.717, 1.165) is 82.4 Å². The molecule has 4 rings (SSSR count). The van der Waals surface area contributed by atoms with Crippen molar-refractivity contribution in [3.05, 3.63) is 92.0 Å². The van der Waals surface area contributed by atoms with E-state index in [1.54, 1.807) is 0 Å². The summed E-state index contributed by atoms with van der Waals surface area (Å²) in [7, 11) is 0.